The molecule has 208 valence electrons. The SMILES string of the molecule is CCCCCC(=O)NC[C@H](O)[C@@H](O)[C@H](O)[C@H](O)CC.CCCCCCCC(=O)OCc1ccccc1. The third kappa shape index (κ3) is 17.4. The quantitative estimate of drug-likeness (QED) is 0.150. The summed E-state index contributed by atoms with van der Waals surface area (Å²) in [6, 6.07) is 9.80. The molecule has 36 heavy (non-hydrogen) atoms. The minimum Gasteiger partial charge on any atom is -0.461 e. The molecule has 1 amide bonds. The fraction of sp³-hybridized carbons (Fsp3) is 0.714. The van der Waals surface area contributed by atoms with Crippen LogP contribution in [0.3, 0.4) is 0 Å². The molecule has 0 aromatic heterocycles. The number of carbonyl (C=O) groups is 2. The first kappa shape index (κ1) is 34.0. The zero-order valence-electron chi connectivity index (χ0n) is 22.4. The molecule has 0 fully saturated rings. The van der Waals surface area contributed by atoms with Crippen molar-refractivity contribution in [3.05, 3.63) is 35.9 Å². The highest BCUT2D eigenvalue weighted by molar-refractivity contribution is 5.75. The van der Waals surface area contributed by atoms with Gasteiger partial charge in [0.25, 0.3) is 0 Å². The highest BCUT2D eigenvalue weighted by atomic mass is 16.5. The van der Waals surface area contributed by atoms with Crippen molar-refractivity contribution >= 4 is 11.9 Å². The second-order valence-electron chi connectivity index (χ2n) is 9.10. The lowest BCUT2D eigenvalue weighted by molar-refractivity contribution is -0.145. The molecule has 0 unspecified atom stereocenters. The van der Waals surface area contributed by atoms with Crippen LogP contribution in [0.15, 0.2) is 30.3 Å². The highest BCUT2D eigenvalue weighted by Gasteiger charge is 2.29. The molecule has 1 aromatic carbocycles. The number of benzene rings is 1. The molecular formula is C28H49NO7. The van der Waals surface area contributed by atoms with Crippen molar-refractivity contribution in [1.82, 2.24) is 5.32 Å². The average molecular weight is 512 g/mol. The van der Waals surface area contributed by atoms with E-state index in [-0.39, 0.29) is 24.8 Å². The zero-order valence-corrected chi connectivity index (χ0v) is 22.4. The standard InChI is InChI=1S/C15H22O2.C13H27NO5/c1-2-3-4-5-9-12-15(16)17-13-14-10-7-6-8-11-14;1-3-5-6-7-11(17)14-8-10(16)13(19)12(18)9(15)4-2/h6-8,10-11H,2-5,9,12-13H2,1H3;9-10,12-13,15-16,18-19H,3-8H2,1-2H3,(H,14,17)/t;9-,10+,12-,13-/m.1/s1. The van der Waals surface area contributed by atoms with E-state index in [4.69, 9.17) is 4.74 Å². The van der Waals surface area contributed by atoms with E-state index in [1.807, 2.05) is 37.3 Å². The number of unbranched alkanes of at least 4 members (excludes halogenated alkanes) is 6. The number of esters is 1. The maximum atomic E-state index is 11.4. The van der Waals surface area contributed by atoms with Gasteiger partial charge in [0.1, 0.15) is 18.8 Å². The molecule has 0 heterocycles. The molecule has 0 bridgehead atoms. The van der Waals surface area contributed by atoms with Crippen LogP contribution < -0.4 is 5.32 Å². The number of ether oxygens (including phenoxy) is 1. The van der Waals surface area contributed by atoms with Crippen LogP contribution in [0.4, 0.5) is 0 Å². The van der Waals surface area contributed by atoms with Gasteiger partial charge in [-0.3, -0.25) is 9.59 Å². The molecule has 0 saturated carbocycles. The molecule has 8 heteroatoms. The molecule has 0 aliphatic rings. The lowest BCUT2D eigenvalue weighted by Crippen LogP contribution is -2.48. The first-order valence-corrected chi connectivity index (χ1v) is 13.4. The second-order valence-corrected chi connectivity index (χ2v) is 9.10. The van der Waals surface area contributed by atoms with E-state index < -0.39 is 24.4 Å². The predicted molar refractivity (Wildman–Crippen MR) is 141 cm³/mol. The van der Waals surface area contributed by atoms with E-state index in [0.29, 0.717) is 19.4 Å². The Kier molecular flexibility index (Phi) is 21.0. The number of aliphatic hydroxyl groups is 4. The van der Waals surface area contributed by atoms with Gasteiger partial charge in [-0.15, -0.1) is 0 Å². The van der Waals surface area contributed by atoms with Crippen molar-refractivity contribution < 1.29 is 34.8 Å². The molecule has 0 radical (unpaired) electrons. The van der Waals surface area contributed by atoms with Crippen LogP contribution in [0.2, 0.25) is 0 Å². The fourth-order valence-electron chi connectivity index (χ4n) is 3.34. The Morgan fingerprint density at radius 2 is 1.33 bits per heavy atom. The number of amides is 1. The fourth-order valence-corrected chi connectivity index (χ4v) is 3.34. The van der Waals surface area contributed by atoms with Crippen molar-refractivity contribution in [1.29, 1.82) is 0 Å². The Bertz CT molecular complexity index is 671. The van der Waals surface area contributed by atoms with Crippen LogP contribution >= 0.6 is 0 Å². The molecule has 8 nitrogen and oxygen atoms in total. The van der Waals surface area contributed by atoms with Gasteiger partial charge in [-0.1, -0.05) is 89.6 Å². The average Bonchev–Trinajstić information content (AvgIpc) is 2.90. The number of rotatable bonds is 18. The number of carbonyl (C=O) groups excluding carboxylic acids is 2. The van der Waals surface area contributed by atoms with Crippen molar-refractivity contribution in [2.24, 2.45) is 0 Å². The van der Waals surface area contributed by atoms with E-state index in [2.05, 4.69) is 12.2 Å². The summed E-state index contributed by atoms with van der Waals surface area (Å²) in [5.74, 6) is -0.268. The van der Waals surface area contributed by atoms with Gasteiger partial charge in [0.2, 0.25) is 5.91 Å². The number of aliphatic hydroxyl groups excluding tert-OH is 4. The normalized spacial score (nSPS) is 14.1. The maximum Gasteiger partial charge on any atom is 0.306 e. The Labute approximate surface area is 217 Å². The lowest BCUT2D eigenvalue weighted by atomic mass is 10.0. The van der Waals surface area contributed by atoms with Gasteiger partial charge in [0.05, 0.1) is 12.2 Å². The molecule has 0 saturated heterocycles. The first-order chi connectivity index (χ1) is 17.3. The minimum absolute atomic E-state index is 0.0784. The van der Waals surface area contributed by atoms with E-state index in [1.165, 1.54) is 19.3 Å². The van der Waals surface area contributed by atoms with Crippen molar-refractivity contribution in [3.8, 4) is 0 Å². The third-order valence-electron chi connectivity index (χ3n) is 5.80. The monoisotopic (exact) mass is 511 g/mol. The summed E-state index contributed by atoms with van der Waals surface area (Å²) in [5.41, 5.74) is 1.05. The Morgan fingerprint density at radius 3 is 1.94 bits per heavy atom. The van der Waals surface area contributed by atoms with Crippen LogP contribution in [0.1, 0.15) is 97.0 Å². The molecule has 0 aliphatic heterocycles. The van der Waals surface area contributed by atoms with Gasteiger partial charge in [-0.2, -0.15) is 0 Å². The van der Waals surface area contributed by atoms with E-state index in [0.717, 1.165) is 37.7 Å². The third-order valence-corrected chi connectivity index (χ3v) is 5.80. The summed E-state index contributed by atoms with van der Waals surface area (Å²) in [7, 11) is 0. The van der Waals surface area contributed by atoms with Crippen LogP contribution in [-0.2, 0) is 20.9 Å². The van der Waals surface area contributed by atoms with E-state index >= 15 is 0 Å². The van der Waals surface area contributed by atoms with E-state index in [9.17, 15) is 30.0 Å². The molecule has 0 aliphatic carbocycles. The van der Waals surface area contributed by atoms with Gasteiger partial charge < -0.3 is 30.5 Å². The van der Waals surface area contributed by atoms with Gasteiger partial charge in [-0.05, 0) is 24.8 Å². The molecule has 0 spiro atoms. The van der Waals surface area contributed by atoms with E-state index in [1.54, 1.807) is 6.92 Å². The Balaban J connectivity index is 0.000000684. The smallest absolute Gasteiger partial charge is 0.306 e. The number of nitrogens with one attached hydrogen (secondary N) is 1. The van der Waals surface area contributed by atoms with Crippen molar-refractivity contribution in [2.45, 2.75) is 122 Å². The van der Waals surface area contributed by atoms with Crippen LogP contribution in [-0.4, -0.2) is 63.3 Å². The van der Waals surface area contributed by atoms with Crippen LogP contribution in [0, 0.1) is 0 Å². The van der Waals surface area contributed by atoms with Gasteiger partial charge in [0, 0.05) is 19.4 Å². The van der Waals surface area contributed by atoms with Gasteiger partial charge in [-0.25, -0.2) is 0 Å². The summed E-state index contributed by atoms with van der Waals surface area (Å²) >= 11 is 0. The van der Waals surface area contributed by atoms with Crippen molar-refractivity contribution in [2.75, 3.05) is 6.54 Å². The van der Waals surface area contributed by atoms with Crippen molar-refractivity contribution in [3.63, 3.8) is 0 Å². The maximum absolute atomic E-state index is 11.4. The van der Waals surface area contributed by atoms with Gasteiger partial charge in [0.15, 0.2) is 0 Å². The number of hydrogen-bond acceptors (Lipinski definition) is 7. The molecule has 4 atom stereocenters. The summed E-state index contributed by atoms with van der Waals surface area (Å²) in [6.07, 6.45) is 4.51. The lowest BCUT2D eigenvalue weighted by Gasteiger charge is -2.26. The first-order valence-electron chi connectivity index (χ1n) is 13.4. The second kappa shape index (κ2) is 22.2. The predicted octanol–water partition coefficient (Wildman–Crippen LogP) is 3.63. The zero-order chi connectivity index (χ0) is 27.2. The summed E-state index contributed by atoms with van der Waals surface area (Å²) in [6.45, 7) is 6.14. The topological polar surface area (TPSA) is 136 Å². The Morgan fingerprint density at radius 1 is 0.778 bits per heavy atom. The molecule has 1 rings (SSSR count). The summed E-state index contributed by atoms with van der Waals surface area (Å²) < 4.78 is 5.20. The number of hydrogen-bond donors (Lipinski definition) is 5. The molecule has 5 N–H and O–H groups in total. The largest absolute Gasteiger partial charge is 0.461 e. The molecular weight excluding hydrogens is 462 g/mol. The van der Waals surface area contributed by atoms with Gasteiger partial charge >= 0.3 is 5.97 Å². The summed E-state index contributed by atoms with van der Waals surface area (Å²) in [4.78, 5) is 22.8. The Hall–Kier alpha value is -2.00. The molecule has 1 aromatic rings. The summed E-state index contributed by atoms with van der Waals surface area (Å²) in [5, 5.41) is 40.6. The minimum atomic E-state index is -1.48. The van der Waals surface area contributed by atoms with Crippen LogP contribution in [0.25, 0.3) is 0 Å². The highest BCUT2D eigenvalue weighted by Crippen LogP contribution is 2.08. The van der Waals surface area contributed by atoms with Crippen LogP contribution in [0.5, 0.6) is 0 Å².